The number of hydrogen-bond donors (Lipinski definition) is 1. The first kappa shape index (κ1) is 13.8. The van der Waals surface area contributed by atoms with Crippen molar-refractivity contribution in [2.75, 3.05) is 7.05 Å². The molecule has 1 atom stereocenters. The predicted molar refractivity (Wildman–Crippen MR) is 88.4 cm³/mol. The van der Waals surface area contributed by atoms with Gasteiger partial charge in [-0.1, -0.05) is 42.5 Å². The molecule has 0 saturated heterocycles. The third-order valence-electron chi connectivity index (χ3n) is 3.99. The summed E-state index contributed by atoms with van der Waals surface area (Å²) in [6.45, 7) is 0. The minimum absolute atomic E-state index is 0.429. The van der Waals surface area contributed by atoms with Crippen molar-refractivity contribution in [1.82, 2.24) is 10.3 Å². The second-order valence-corrected chi connectivity index (χ2v) is 5.39. The van der Waals surface area contributed by atoms with Crippen LogP contribution in [0.25, 0.3) is 10.8 Å². The van der Waals surface area contributed by atoms with Gasteiger partial charge in [0.15, 0.2) is 0 Å². The standard InChI is InChI=1S/C19H20N2/c1-20-18(13-15-9-11-21-12-10-15)14-17-7-4-6-16-5-2-3-8-19(16)17/h2-12,18,20H,13-14H2,1H3. The monoisotopic (exact) mass is 276 g/mol. The van der Waals surface area contributed by atoms with Crippen LogP contribution in [0.2, 0.25) is 0 Å². The number of hydrogen-bond acceptors (Lipinski definition) is 2. The normalized spacial score (nSPS) is 12.4. The number of rotatable bonds is 5. The number of nitrogens with zero attached hydrogens (tertiary/aromatic N) is 1. The van der Waals surface area contributed by atoms with E-state index in [1.165, 1.54) is 21.9 Å². The first-order valence-corrected chi connectivity index (χ1v) is 7.39. The summed E-state index contributed by atoms with van der Waals surface area (Å²) in [4.78, 5) is 4.08. The Morgan fingerprint density at radius 2 is 1.67 bits per heavy atom. The van der Waals surface area contributed by atoms with E-state index < -0.39 is 0 Å². The fraction of sp³-hybridized carbons (Fsp3) is 0.211. The van der Waals surface area contributed by atoms with E-state index in [-0.39, 0.29) is 0 Å². The van der Waals surface area contributed by atoms with E-state index in [9.17, 15) is 0 Å². The topological polar surface area (TPSA) is 24.9 Å². The quantitative estimate of drug-likeness (QED) is 0.770. The maximum atomic E-state index is 4.08. The van der Waals surface area contributed by atoms with E-state index >= 15 is 0 Å². The molecule has 0 bridgehead atoms. The smallest absolute Gasteiger partial charge is 0.0270 e. The maximum absolute atomic E-state index is 4.08. The lowest BCUT2D eigenvalue weighted by molar-refractivity contribution is 0.558. The SMILES string of the molecule is CNC(Cc1ccncc1)Cc1cccc2ccccc12. The average Bonchev–Trinajstić information content (AvgIpc) is 2.55. The van der Waals surface area contributed by atoms with E-state index in [4.69, 9.17) is 0 Å². The van der Waals surface area contributed by atoms with Crippen LogP contribution in [0, 0.1) is 0 Å². The molecule has 2 nitrogen and oxygen atoms in total. The van der Waals surface area contributed by atoms with Crippen LogP contribution < -0.4 is 5.32 Å². The molecular weight excluding hydrogens is 256 g/mol. The number of pyridine rings is 1. The summed E-state index contributed by atoms with van der Waals surface area (Å²) in [6, 6.07) is 19.8. The molecule has 1 unspecified atom stereocenters. The Balaban J connectivity index is 1.82. The van der Waals surface area contributed by atoms with Crippen molar-refractivity contribution in [1.29, 1.82) is 0 Å². The molecule has 0 aliphatic rings. The molecule has 0 fully saturated rings. The third kappa shape index (κ3) is 3.29. The van der Waals surface area contributed by atoms with Crippen molar-refractivity contribution in [2.24, 2.45) is 0 Å². The molecule has 2 heteroatoms. The van der Waals surface area contributed by atoms with Gasteiger partial charge in [0.05, 0.1) is 0 Å². The average molecular weight is 276 g/mol. The molecule has 1 aromatic heterocycles. The zero-order valence-corrected chi connectivity index (χ0v) is 12.3. The Labute approximate surface area is 125 Å². The summed E-state index contributed by atoms with van der Waals surface area (Å²) in [5, 5.41) is 6.11. The van der Waals surface area contributed by atoms with Gasteiger partial charge in [0.1, 0.15) is 0 Å². The van der Waals surface area contributed by atoms with Crippen molar-refractivity contribution >= 4 is 10.8 Å². The molecule has 2 aromatic carbocycles. The minimum Gasteiger partial charge on any atom is -0.316 e. The number of fused-ring (bicyclic) bond motifs is 1. The maximum Gasteiger partial charge on any atom is 0.0270 e. The van der Waals surface area contributed by atoms with Crippen LogP contribution in [0.4, 0.5) is 0 Å². The van der Waals surface area contributed by atoms with Crippen molar-refractivity contribution in [3.05, 3.63) is 78.1 Å². The van der Waals surface area contributed by atoms with Gasteiger partial charge in [0.2, 0.25) is 0 Å². The van der Waals surface area contributed by atoms with Gasteiger partial charge >= 0.3 is 0 Å². The van der Waals surface area contributed by atoms with Crippen molar-refractivity contribution in [2.45, 2.75) is 18.9 Å². The Kier molecular flexibility index (Phi) is 4.27. The van der Waals surface area contributed by atoms with Crippen LogP contribution >= 0.6 is 0 Å². The molecule has 0 aliphatic carbocycles. The number of benzene rings is 2. The zero-order chi connectivity index (χ0) is 14.5. The Bertz CT molecular complexity index is 702. The van der Waals surface area contributed by atoms with Crippen LogP contribution in [0.1, 0.15) is 11.1 Å². The highest BCUT2D eigenvalue weighted by Gasteiger charge is 2.10. The van der Waals surface area contributed by atoms with Crippen LogP contribution in [0.3, 0.4) is 0 Å². The Hall–Kier alpha value is -2.19. The molecule has 0 amide bonds. The Morgan fingerprint density at radius 1 is 0.905 bits per heavy atom. The van der Waals surface area contributed by atoms with E-state index in [2.05, 4.69) is 64.9 Å². The van der Waals surface area contributed by atoms with E-state index in [0.717, 1.165) is 12.8 Å². The summed E-state index contributed by atoms with van der Waals surface area (Å²) >= 11 is 0. The summed E-state index contributed by atoms with van der Waals surface area (Å²) in [5.74, 6) is 0. The van der Waals surface area contributed by atoms with Gasteiger partial charge in [-0.2, -0.15) is 0 Å². The molecule has 1 heterocycles. The van der Waals surface area contributed by atoms with Crippen molar-refractivity contribution in [3.63, 3.8) is 0 Å². The van der Waals surface area contributed by atoms with Gasteiger partial charge in [-0.3, -0.25) is 4.98 Å². The van der Waals surface area contributed by atoms with Crippen LogP contribution in [0.15, 0.2) is 67.0 Å². The van der Waals surface area contributed by atoms with E-state index in [1.807, 2.05) is 19.4 Å². The van der Waals surface area contributed by atoms with Gasteiger partial charge in [0, 0.05) is 18.4 Å². The van der Waals surface area contributed by atoms with Gasteiger partial charge in [-0.05, 0) is 53.9 Å². The second-order valence-electron chi connectivity index (χ2n) is 5.39. The number of likely N-dealkylation sites (N-methyl/N-ethyl adjacent to an activating group) is 1. The van der Waals surface area contributed by atoms with Gasteiger partial charge in [-0.25, -0.2) is 0 Å². The van der Waals surface area contributed by atoms with Crippen LogP contribution in [0.5, 0.6) is 0 Å². The molecule has 3 rings (SSSR count). The third-order valence-corrected chi connectivity index (χ3v) is 3.99. The first-order valence-electron chi connectivity index (χ1n) is 7.39. The number of nitrogens with one attached hydrogen (secondary N) is 1. The zero-order valence-electron chi connectivity index (χ0n) is 12.3. The lowest BCUT2D eigenvalue weighted by Crippen LogP contribution is -2.30. The lowest BCUT2D eigenvalue weighted by atomic mass is 9.95. The minimum atomic E-state index is 0.429. The Morgan fingerprint density at radius 3 is 2.48 bits per heavy atom. The summed E-state index contributed by atoms with van der Waals surface area (Å²) < 4.78 is 0. The molecular formula is C19H20N2. The molecule has 21 heavy (non-hydrogen) atoms. The highest BCUT2D eigenvalue weighted by molar-refractivity contribution is 5.85. The van der Waals surface area contributed by atoms with Gasteiger partial charge < -0.3 is 5.32 Å². The van der Waals surface area contributed by atoms with Crippen LogP contribution in [-0.4, -0.2) is 18.1 Å². The lowest BCUT2D eigenvalue weighted by Gasteiger charge is -2.17. The van der Waals surface area contributed by atoms with E-state index in [0.29, 0.717) is 6.04 Å². The van der Waals surface area contributed by atoms with Crippen molar-refractivity contribution < 1.29 is 0 Å². The van der Waals surface area contributed by atoms with Crippen molar-refractivity contribution in [3.8, 4) is 0 Å². The summed E-state index contributed by atoms with van der Waals surface area (Å²) in [5.41, 5.74) is 2.73. The van der Waals surface area contributed by atoms with Gasteiger partial charge in [0.25, 0.3) is 0 Å². The van der Waals surface area contributed by atoms with Crippen LogP contribution in [-0.2, 0) is 12.8 Å². The molecule has 0 saturated carbocycles. The fourth-order valence-corrected chi connectivity index (χ4v) is 2.82. The predicted octanol–water partition coefficient (Wildman–Crippen LogP) is 3.61. The largest absolute Gasteiger partial charge is 0.316 e. The summed E-state index contributed by atoms with van der Waals surface area (Å²) in [6.07, 6.45) is 5.77. The molecule has 0 aliphatic heterocycles. The highest BCUT2D eigenvalue weighted by atomic mass is 14.9. The van der Waals surface area contributed by atoms with Gasteiger partial charge in [-0.15, -0.1) is 0 Å². The highest BCUT2D eigenvalue weighted by Crippen LogP contribution is 2.20. The molecule has 0 radical (unpaired) electrons. The molecule has 3 aromatic rings. The molecule has 0 spiro atoms. The molecule has 1 N–H and O–H groups in total. The first-order chi connectivity index (χ1) is 10.4. The van der Waals surface area contributed by atoms with E-state index in [1.54, 1.807) is 0 Å². The fourth-order valence-electron chi connectivity index (χ4n) is 2.82. The molecule has 106 valence electrons. The summed E-state index contributed by atoms with van der Waals surface area (Å²) in [7, 11) is 2.04. The number of aromatic nitrogens is 1. The second kappa shape index (κ2) is 6.51.